The normalized spacial score (nSPS) is 12.4. The Morgan fingerprint density at radius 3 is 2.94 bits per heavy atom. The Kier molecular flexibility index (Phi) is 6.38. The number of nitrogens with one attached hydrogen (secondary N) is 1. The van der Waals surface area contributed by atoms with Crippen molar-refractivity contribution in [2.45, 2.75) is 39.3 Å². The van der Waals surface area contributed by atoms with Crippen molar-refractivity contribution in [2.75, 3.05) is 24.3 Å². The number of rotatable bonds is 8. The van der Waals surface area contributed by atoms with Crippen LogP contribution in [-0.4, -0.2) is 34.3 Å². The molecule has 6 heteroatoms. The number of aromatic nitrogens is 2. The van der Waals surface area contributed by atoms with Crippen molar-refractivity contribution in [2.24, 2.45) is 0 Å². The van der Waals surface area contributed by atoms with E-state index in [2.05, 4.69) is 15.3 Å². The number of hydrogen-bond acceptors (Lipinski definition) is 6. The van der Waals surface area contributed by atoms with Gasteiger partial charge in [-0.3, -0.25) is 0 Å². The molecule has 0 fully saturated rings. The zero-order valence-electron chi connectivity index (χ0n) is 11.0. The van der Waals surface area contributed by atoms with Crippen LogP contribution in [0.2, 0.25) is 0 Å². The average Bonchev–Trinajstić information content (AvgIpc) is 2.33. The van der Waals surface area contributed by atoms with Crippen LogP contribution in [0, 0.1) is 0 Å². The fraction of sp³-hybridized carbons (Fsp3) is 0.667. The van der Waals surface area contributed by atoms with Crippen molar-refractivity contribution in [1.29, 1.82) is 0 Å². The molecule has 6 nitrogen and oxygen atoms in total. The number of ether oxygens (including phenoxy) is 1. The molecule has 0 aliphatic heterocycles. The molecule has 1 aromatic heterocycles. The van der Waals surface area contributed by atoms with Crippen LogP contribution in [0.3, 0.4) is 0 Å². The zero-order valence-corrected chi connectivity index (χ0v) is 11.0. The van der Waals surface area contributed by atoms with Crippen LogP contribution in [0.1, 0.15) is 32.5 Å². The van der Waals surface area contributed by atoms with Crippen LogP contribution in [-0.2, 0) is 11.3 Å². The summed E-state index contributed by atoms with van der Waals surface area (Å²) in [6.07, 6.45) is 1.64. The van der Waals surface area contributed by atoms with E-state index in [1.807, 2.05) is 13.8 Å². The van der Waals surface area contributed by atoms with Gasteiger partial charge in [0.2, 0.25) is 0 Å². The van der Waals surface area contributed by atoms with Crippen LogP contribution in [0.5, 0.6) is 0 Å². The molecule has 0 spiro atoms. The molecule has 18 heavy (non-hydrogen) atoms. The smallest absolute Gasteiger partial charge is 0.158 e. The van der Waals surface area contributed by atoms with Crippen LogP contribution >= 0.6 is 0 Å². The van der Waals surface area contributed by atoms with Crippen LogP contribution in [0.25, 0.3) is 0 Å². The molecule has 0 radical (unpaired) electrons. The third-order valence-electron chi connectivity index (χ3n) is 2.42. The van der Waals surface area contributed by atoms with E-state index in [-0.39, 0.29) is 12.6 Å². The van der Waals surface area contributed by atoms with Crippen molar-refractivity contribution in [3.05, 3.63) is 11.9 Å². The SMILES string of the molecule is CCOCc1nc(N)cc(NC(C)CCCO)n1. The number of hydrogen-bond donors (Lipinski definition) is 3. The fourth-order valence-electron chi connectivity index (χ4n) is 1.57. The number of nitrogen functional groups attached to an aromatic ring is 1. The van der Waals surface area contributed by atoms with Crippen molar-refractivity contribution < 1.29 is 9.84 Å². The first-order chi connectivity index (χ1) is 8.65. The first-order valence-corrected chi connectivity index (χ1v) is 6.24. The van der Waals surface area contributed by atoms with E-state index in [0.717, 1.165) is 12.8 Å². The van der Waals surface area contributed by atoms with Crippen LogP contribution in [0.15, 0.2) is 6.07 Å². The molecule has 1 rings (SSSR count). The highest BCUT2D eigenvalue weighted by Gasteiger charge is 2.06. The molecule has 0 amide bonds. The van der Waals surface area contributed by atoms with Crippen LogP contribution in [0.4, 0.5) is 11.6 Å². The summed E-state index contributed by atoms with van der Waals surface area (Å²) in [7, 11) is 0. The molecule has 0 aromatic carbocycles. The minimum absolute atomic E-state index is 0.202. The molecular weight excluding hydrogens is 232 g/mol. The third-order valence-corrected chi connectivity index (χ3v) is 2.42. The second kappa shape index (κ2) is 7.84. The molecule has 0 saturated heterocycles. The summed E-state index contributed by atoms with van der Waals surface area (Å²) in [4.78, 5) is 8.43. The molecular formula is C12H22N4O2. The van der Waals surface area contributed by atoms with Gasteiger partial charge in [-0.15, -0.1) is 0 Å². The summed E-state index contributed by atoms with van der Waals surface area (Å²) in [5.74, 6) is 1.70. The number of anilines is 2. The lowest BCUT2D eigenvalue weighted by Gasteiger charge is -2.14. The van der Waals surface area contributed by atoms with Crippen LogP contribution < -0.4 is 11.1 Å². The van der Waals surface area contributed by atoms with Gasteiger partial charge in [-0.25, -0.2) is 9.97 Å². The first-order valence-electron chi connectivity index (χ1n) is 6.24. The first kappa shape index (κ1) is 14.7. The molecule has 1 heterocycles. The summed E-state index contributed by atoms with van der Waals surface area (Å²) >= 11 is 0. The Labute approximate surface area is 108 Å². The predicted octanol–water partition coefficient (Wildman–Crippen LogP) is 1.17. The van der Waals surface area contributed by atoms with Gasteiger partial charge in [0, 0.05) is 25.3 Å². The predicted molar refractivity (Wildman–Crippen MR) is 71.2 cm³/mol. The van der Waals surface area contributed by atoms with Gasteiger partial charge < -0.3 is 20.9 Å². The summed E-state index contributed by atoms with van der Waals surface area (Å²) < 4.78 is 5.26. The highest BCUT2D eigenvalue weighted by atomic mass is 16.5. The van der Waals surface area contributed by atoms with Gasteiger partial charge in [0.1, 0.15) is 18.2 Å². The minimum Gasteiger partial charge on any atom is -0.396 e. The van der Waals surface area contributed by atoms with Crippen molar-refractivity contribution in [3.63, 3.8) is 0 Å². The summed E-state index contributed by atoms with van der Waals surface area (Å²) in [6.45, 7) is 5.14. The summed E-state index contributed by atoms with van der Waals surface area (Å²) in [6, 6.07) is 1.93. The number of aliphatic hydroxyl groups excluding tert-OH is 1. The fourth-order valence-corrected chi connectivity index (χ4v) is 1.57. The van der Waals surface area contributed by atoms with E-state index in [0.29, 0.717) is 30.7 Å². The second-order valence-electron chi connectivity index (χ2n) is 4.14. The van der Waals surface area contributed by atoms with E-state index in [1.165, 1.54) is 0 Å². The number of nitrogens with two attached hydrogens (primary N) is 1. The van der Waals surface area contributed by atoms with Gasteiger partial charge >= 0.3 is 0 Å². The molecule has 0 bridgehead atoms. The summed E-state index contributed by atoms with van der Waals surface area (Å²) in [5.41, 5.74) is 5.72. The van der Waals surface area contributed by atoms with Crippen molar-refractivity contribution in [3.8, 4) is 0 Å². The van der Waals surface area contributed by atoms with E-state index in [9.17, 15) is 0 Å². The van der Waals surface area contributed by atoms with E-state index < -0.39 is 0 Å². The lowest BCUT2D eigenvalue weighted by Crippen LogP contribution is -2.17. The van der Waals surface area contributed by atoms with Crippen molar-refractivity contribution >= 4 is 11.6 Å². The number of aliphatic hydroxyl groups is 1. The highest BCUT2D eigenvalue weighted by molar-refractivity contribution is 5.45. The maximum atomic E-state index is 8.78. The van der Waals surface area contributed by atoms with Gasteiger partial charge in [0.25, 0.3) is 0 Å². The molecule has 1 atom stereocenters. The third kappa shape index (κ3) is 5.29. The van der Waals surface area contributed by atoms with Gasteiger partial charge in [-0.05, 0) is 26.7 Å². The van der Waals surface area contributed by atoms with E-state index in [4.69, 9.17) is 15.6 Å². The molecule has 0 saturated carbocycles. The quantitative estimate of drug-likeness (QED) is 0.644. The Bertz CT molecular complexity index is 360. The van der Waals surface area contributed by atoms with Gasteiger partial charge in [0.15, 0.2) is 5.82 Å². The Morgan fingerprint density at radius 2 is 2.28 bits per heavy atom. The lowest BCUT2D eigenvalue weighted by atomic mass is 10.2. The Morgan fingerprint density at radius 1 is 1.50 bits per heavy atom. The van der Waals surface area contributed by atoms with Crippen molar-refractivity contribution in [1.82, 2.24) is 9.97 Å². The maximum Gasteiger partial charge on any atom is 0.158 e. The van der Waals surface area contributed by atoms with E-state index >= 15 is 0 Å². The lowest BCUT2D eigenvalue weighted by molar-refractivity contribution is 0.128. The summed E-state index contributed by atoms with van der Waals surface area (Å²) in [5, 5.41) is 12.0. The molecule has 102 valence electrons. The Hall–Kier alpha value is -1.40. The average molecular weight is 254 g/mol. The number of nitrogens with zero attached hydrogens (tertiary/aromatic N) is 2. The Balaban J connectivity index is 2.61. The topological polar surface area (TPSA) is 93.3 Å². The standard InChI is InChI=1S/C12H22N4O2/c1-3-18-8-12-15-10(13)7-11(16-12)14-9(2)5-4-6-17/h7,9,17H,3-6,8H2,1-2H3,(H3,13,14,15,16). The maximum absolute atomic E-state index is 8.78. The molecule has 0 aliphatic carbocycles. The molecule has 0 aliphatic rings. The minimum atomic E-state index is 0.202. The van der Waals surface area contributed by atoms with Gasteiger partial charge in [0.05, 0.1) is 0 Å². The highest BCUT2D eigenvalue weighted by Crippen LogP contribution is 2.12. The van der Waals surface area contributed by atoms with Gasteiger partial charge in [-0.1, -0.05) is 0 Å². The second-order valence-corrected chi connectivity index (χ2v) is 4.14. The molecule has 1 aromatic rings. The largest absolute Gasteiger partial charge is 0.396 e. The van der Waals surface area contributed by atoms with Gasteiger partial charge in [-0.2, -0.15) is 0 Å². The monoisotopic (exact) mass is 254 g/mol. The zero-order chi connectivity index (χ0) is 13.4. The molecule has 4 N–H and O–H groups in total. The van der Waals surface area contributed by atoms with E-state index in [1.54, 1.807) is 6.07 Å². The molecule has 1 unspecified atom stereocenters.